The van der Waals surface area contributed by atoms with Crippen LogP contribution in [0.2, 0.25) is 0 Å². The highest BCUT2D eigenvalue weighted by Crippen LogP contribution is 2.35. The third kappa shape index (κ3) is 8.51. The number of imidazole rings is 2. The number of aliphatic imine (C=N–C) groups is 1. The Labute approximate surface area is 314 Å². The Morgan fingerprint density at radius 1 is 0.926 bits per heavy atom. The number of benzene rings is 2. The summed E-state index contributed by atoms with van der Waals surface area (Å²) in [6.45, 7) is 9.29. The van der Waals surface area contributed by atoms with E-state index in [4.69, 9.17) is 24.3 Å². The molecule has 0 saturated carbocycles. The molecular formula is C39H50N8O7. The first kappa shape index (κ1) is 38.3. The summed E-state index contributed by atoms with van der Waals surface area (Å²) in [7, 11) is 2.68. The van der Waals surface area contributed by atoms with E-state index in [0.717, 1.165) is 59.4 Å². The first-order valence-corrected chi connectivity index (χ1v) is 18.5. The third-order valence-corrected chi connectivity index (χ3v) is 10.1. The summed E-state index contributed by atoms with van der Waals surface area (Å²) < 4.78 is 10.9. The molecule has 0 unspecified atom stereocenters. The third-order valence-electron chi connectivity index (χ3n) is 10.1. The van der Waals surface area contributed by atoms with Crippen LogP contribution in [0.15, 0.2) is 53.7 Å². The van der Waals surface area contributed by atoms with Crippen LogP contribution in [-0.2, 0) is 30.7 Å². The molecule has 3 N–H and O–H groups in total. The lowest BCUT2D eigenvalue weighted by molar-refractivity contribution is -0.188. The summed E-state index contributed by atoms with van der Waals surface area (Å²) in [5, 5.41) is 2.69. The Morgan fingerprint density at radius 2 is 1.63 bits per heavy atom. The standard InChI is InChI=1S/C39H50N8O7/c1-23(2)33(41-22-54-52-6)37(48)47-18-8-10-32(47)36-42-28-16-11-25(19-29(28)43-36)21-53-27-14-12-26(13-15-27)30-20-40-35(44-30)31-9-7-17-46(31)38(49)34(24(3)4)45-39(50)51-5/h11-16,19-20,22-24,31-34H,7-10,17-18,21H2,1-6H3,(H,40,44)(H,42,43)(H,45,50)/b41-22-/t31-,32-,33-,34-/m0/s1. The Kier molecular flexibility index (Phi) is 12.2. The molecule has 0 radical (unpaired) electrons. The first-order valence-electron chi connectivity index (χ1n) is 18.5. The number of aromatic amines is 2. The van der Waals surface area contributed by atoms with Crippen molar-refractivity contribution in [3.63, 3.8) is 0 Å². The van der Waals surface area contributed by atoms with Gasteiger partial charge in [0.05, 0.1) is 43.0 Å². The van der Waals surface area contributed by atoms with Crippen molar-refractivity contribution in [3.8, 4) is 17.0 Å². The van der Waals surface area contributed by atoms with Crippen LogP contribution in [0.5, 0.6) is 5.75 Å². The number of nitrogens with one attached hydrogen (secondary N) is 3. The molecule has 6 rings (SSSR count). The zero-order valence-electron chi connectivity index (χ0n) is 31.7. The monoisotopic (exact) mass is 742 g/mol. The number of methoxy groups -OCH3 is 1. The van der Waals surface area contributed by atoms with Crippen molar-refractivity contribution >= 4 is 35.3 Å². The maximum atomic E-state index is 13.5. The molecule has 15 heteroatoms. The van der Waals surface area contributed by atoms with Gasteiger partial charge >= 0.3 is 6.09 Å². The Bertz CT molecular complexity index is 1940. The van der Waals surface area contributed by atoms with Crippen LogP contribution in [0.25, 0.3) is 22.3 Å². The minimum atomic E-state index is -0.689. The molecule has 2 aromatic heterocycles. The van der Waals surface area contributed by atoms with E-state index < -0.39 is 18.2 Å². The number of carbonyl (C=O) groups is 3. The van der Waals surface area contributed by atoms with E-state index in [2.05, 4.69) is 25.2 Å². The Balaban J connectivity index is 1.07. The second-order valence-electron chi connectivity index (χ2n) is 14.4. The molecule has 2 aliphatic heterocycles. The van der Waals surface area contributed by atoms with Crippen LogP contribution < -0.4 is 10.1 Å². The van der Waals surface area contributed by atoms with Crippen LogP contribution >= 0.6 is 0 Å². The van der Waals surface area contributed by atoms with Crippen LogP contribution in [0.1, 0.15) is 82.7 Å². The molecule has 2 saturated heterocycles. The number of ether oxygens (including phenoxy) is 2. The fourth-order valence-corrected chi connectivity index (χ4v) is 7.19. The summed E-state index contributed by atoms with van der Waals surface area (Å²) in [6, 6.07) is 12.1. The number of rotatable bonds is 14. The second-order valence-corrected chi connectivity index (χ2v) is 14.4. The molecule has 2 fully saturated rings. The van der Waals surface area contributed by atoms with Gasteiger partial charge in [-0.15, -0.1) is 0 Å². The molecule has 2 aliphatic rings. The number of hydrogen-bond acceptors (Lipinski definition) is 10. The van der Waals surface area contributed by atoms with Crippen LogP contribution in [-0.4, -0.2) is 93.4 Å². The molecule has 2 aromatic carbocycles. The summed E-state index contributed by atoms with van der Waals surface area (Å²) in [5.74, 6) is 1.85. The highest BCUT2D eigenvalue weighted by Gasteiger charge is 2.38. The van der Waals surface area contributed by atoms with Gasteiger partial charge < -0.3 is 39.4 Å². The Morgan fingerprint density at radius 3 is 2.30 bits per heavy atom. The van der Waals surface area contributed by atoms with Crippen LogP contribution in [0.4, 0.5) is 4.79 Å². The molecule has 0 bridgehead atoms. The number of aromatic nitrogens is 4. The molecule has 3 amide bonds. The summed E-state index contributed by atoms with van der Waals surface area (Å²) >= 11 is 0. The minimum absolute atomic E-state index is 0.0162. The van der Waals surface area contributed by atoms with E-state index >= 15 is 0 Å². The van der Waals surface area contributed by atoms with Crippen molar-refractivity contribution in [3.05, 3.63) is 65.9 Å². The van der Waals surface area contributed by atoms with E-state index in [1.807, 2.05) is 81.3 Å². The van der Waals surface area contributed by atoms with E-state index in [1.165, 1.54) is 20.6 Å². The van der Waals surface area contributed by atoms with Gasteiger partial charge in [-0.2, -0.15) is 4.89 Å². The molecule has 54 heavy (non-hydrogen) atoms. The number of H-pyrrole nitrogens is 2. The Hall–Kier alpha value is -5.44. The lowest BCUT2D eigenvalue weighted by Gasteiger charge is -2.29. The number of likely N-dealkylation sites (tertiary alicyclic amines) is 2. The largest absolute Gasteiger partial charge is 0.489 e. The van der Waals surface area contributed by atoms with Crippen molar-refractivity contribution in [2.45, 2.75) is 84.2 Å². The van der Waals surface area contributed by atoms with Gasteiger partial charge in [0.2, 0.25) is 18.2 Å². The molecule has 0 aliphatic carbocycles. The second kappa shape index (κ2) is 17.1. The average Bonchev–Trinajstić information content (AvgIpc) is 4.00. The lowest BCUT2D eigenvalue weighted by atomic mass is 10.0. The molecular weight excluding hydrogens is 692 g/mol. The molecule has 4 aromatic rings. The van der Waals surface area contributed by atoms with Gasteiger partial charge in [-0.3, -0.25) is 9.59 Å². The maximum absolute atomic E-state index is 13.5. The molecule has 4 heterocycles. The number of nitrogens with zero attached hydrogens (tertiary/aromatic N) is 5. The van der Waals surface area contributed by atoms with Gasteiger partial charge in [0, 0.05) is 24.8 Å². The topological polar surface area (TPSA) is 176 Å². The van der Waals surface area contributed by atoms with E-state index in [0.29, 0.717) is 31.3 Å². The predicted molar refractivity (Wildman–Crippen MR) is 201 cm³/mol. The lowest BCUT2D eigenvalue weighted by Crippen LogP contribution is -2.51. The normalized spacial score (nSPS) is 18.5. The number of fused-ring (bicyclic) bond motifs is 1. The van der Waals surface area contributed by atoms with E-state index in [1.54, 1.807) is 4.90 Å². The average molecular weight is 743 g/mol. The van der Waals surface area contributed by atoms with Gasteiger partial charge in [0.1, 0.15) is 36.1 Å². The van der Waals surface area contributed by atoms with Crippen molar-refractivity contribution < 1.29 is 33.6 Å². The van der Waals surface area contributed by atoms with E-state index in [9.17, 15) is 14.4 Å². The SMILES string of the molecule is COO/C=N\[C@H](C(=O)N1CCC[C@H]1c1nc2cc(COc3ccc(-c4c[nH]c([C@@H]5CCCN5C(=O)[C@@H](NC(=O)OC)C(C)C)n4)cc3)ccc2[nH]1)C(C)C. The smallest absolute Gasteiger partial charge is 0.407 e. The zero-order chi connectivity index (χ0) is 38.4. The van der Waals surface area contributed by atoms with Gasteiger partial charge in [-0.25, -0.2) is 19.8 Å². The fourth-order valence-electron chi connectivity index (χ4n) is 7.19. The zero-order valence-corrected chi connectivity index (χ0v) is 31.7. The van der Waals surface area contributed by atoms with Crippen molar-refractivity contribution in [2.24, 2.45) is 16.8 Å². The summed E-state index contributed by atoms with van der Waals surface area (Å²) in [6.07, 6.45) is 5.71. The predicted octanol–water partition coefficient (Wildman–Crippen LogP) is 5.87. The maximum Gasteiger partial charge on any atom is 0.407 e. The van der Waals surface area contributed by atoms with E-state index in [-0.39, 0.29) is 35.7 Å². The molecule has 0 spiro atoms. The summed E-state index contributed by atoms with van der Waals surface area (Å²) in [5.41, 5.74) is 4.34. The highest BCUT2D eigenvalue weighted by atomic mass is 17.2. The van der Waals surface area contributed by atoms with Crippen LogP contribution in [0.3, 0.4) is 0 Å². The van der Waals surface area contributed by atoms with Crippen molar-refractivity contribution in [1.82, 2.24) is 35.1 Å². The van der Waals surface area contributed by atoms with Gasteiger partial charge in [0.25, 0.3) is 0 Å². The number of hydrogen-bond donors (Lipinski definition) is 3. The molecule has 15 nitrogen and oxygen atoms in total. The minimum Gasteiger partial charge on any atom is -0.489 e. The number of amides is 3. The van der Waals surface area contributed by atoms with Gasteiger partial charge in [-0.1, -0.05) is 33.8 Å². The van der Waals surface area contributed by atoms with Gasteiger partial charge in [0.15, 0.2) is 0 Å². The van der Waals surface area contributed by atoms with Crippen molar-refractivity contribution in [1.29, 1.82) is 0 Å². The van der Waals surface area contributed by atoms with Crippen molar-refractivity contribution in [2.75, 3.05) is 27.3 Å². The summed E-state index contributed by atoms with van der Waals surface area (Å²) in [4.78, 5) is 72.8. The number of carbonyl (C=O) groups excluding carboxylic acids is 3. The fraction of sp³-hybridized carbons (Fsp3) is 0.487. The number of alkyl carbamates (subject to hydrolysis) is 1. The molecule has 288 valence electrons. The van der Waals surface area contributed by atoms with Gasteiger partial charge in [-0.05, 0) is 79.5 Å². The molecule has 4 atom stereocenters. The quantitative estimate of drug-likeness (QED) is 0.0617. The highest BCUT2D eigenvalue weighted by molar-refractivity contribution is 5.86. The van der Waals surface area contributed by atoms with Crippen LogP contribution in [0, 0.1) is 11.8 Å². The first-order chi connectivity index (χ1) is 26.1.